The molecule has 0 fully saturated rings. The lowest BCUT2D eigenvalue weighted by molar-refractivity contribution is 0.0793. The zero-order chi connectivity index (χ0) is 11.1. The first-order valence-electron chi connectivity index (χ1n) is 6.15. The van der Waals surface area contributed by atoms with E-state index in [2.05, 4.69) is 34.6 Å². The van der Waals surface area contributed by atoms with E-state index in [1.54, 1.807) is 0 Å². The maximum atomic E-state index is 10.0. The van der Waals surface area contributed by atoms with Gasteiger partial charge in [0.05, 0.1) is 6.10 Å². The van der Waals surface area contributed by atoms with Gasteiger partial charge in [0.25, 0.3) is 0 Å². The molecule has 0 aromatic heterocycles. The minimum absolute atomic E-state index is 0.0789. The molecule has 0 saturated carbocycles. The van der Waals surface area contributed by atoms with Crippen LogP contribution in [0.4, 0.5) is 0 Å². The standard InChI is InChI=1S/C13H28O/c1-6-12(9-11(4)5)13(14)8-7-10(2)3/h10-14H,6-9H2,1-5H3. The summed E-state index contributed by atoms with van der Waals surface area (Å²) in [4.78, 5) is 0. The lowest BCUT2D eigenvalue weighted by Crippen LogP contribution is -2.22. The van der Waals surface area contributed by atoms with Gasteiger partial charge in [-0.2, -0.15) is 0 Å². The Balaban J connectivity index is 3.84. The first kappa shape index (κ1) is 14.0. The van der Waals surface area contributed by atoms with Crippen molar-refractivity contribution in [2.45, 2.75) is 66.4 Å². The monoisotopic (exact) mass is 200 g/mol. The topological polar surface area (TPSA) is 20.2 Å². The van der Waals surface area contributed by atoms with E-state index in [0.717, 1.165) is 25.7 Å². The van der Waals surface area contributed by atoms with Gasteiger partial charge < -0.3 is 5.11 Å². The smallest absolute Gasteiger partial charge is 0.0568 e. The third-order valence-electron chi connectivity index (χ3n) is 2.88. The van der Waals surface area contributed by atoms with Crippen molar-refractivity contribution in [3.63, 3.8) is 0 Å². The first-order chi connectivity index (χ1) is 6.47. The Morgan fingerprint density at radius 2 is 1.50 bits per heavy atom. The van der Waals surface area contributed by atoms with Crippen LogP contribution in [0.1, 0.15) is 60.3 Å². The number of aliphatic hydroxyl groups excluding tert-OH is 1. The van der Waals surface area contributed by atoms with Gasteiger partial charge in [0.15, 0.2) is 0 Å². The van der Waals surface area contributed by atoms with Gasteiger partial charge in [-0.05, 0) is 37.0 Å². The van der Waals surface area contributed by atoms with Crippen LogP contribution in [0.3, 0.4) is 0 Å². The molecule has 0 amide bonds. The molecular weight excluding hydrogens is 172 g/mol. The molecule has 86 valence electrons. The summed E-state index contributed by atoms with van der Waals surface area (Å²) in [7, 11) is 0. The molecule has 0 radical (unpaired) electrons. The number of aliphatic hydroxyl groups is 1. The van der Waals surface area contributed by atoms with Crippen molar-refractivity contribution >= 4 is 0 Å². The van der Waals surface area contributed by atoms with E-state index >= 15 is 0 Å². The van der Waals surface area contributed by atoms with Crippen molar-refractivity contribution in [2.75, 3.05) is 0 Å². The minimum Gasteiger partial charge on any atom is -0.393 e. The van der Waals surface area contributed by atoms with Crippen LogP contribution in [0, 0.1) is 17.8 Å². The number of rotatable bonds is 7. The van der Waals surface area contributed by atoms with Crippen LogP contribution in [0.5, 0.6) is 0 Å². The molecule has 1 nitrogen and oxygen atoms in total. The van der Waals surface area contributed by atoms with Crippen LogP contribution in [0.2, 0.25) is 0 Å². The molecule has 0 bridgehead atoms. The highest BCUT2D eigenvalue weighted by Crippen LogP contribution is 2.22. The number of hydrogen-bond acceptors (Lipinski definition) is 1. The van der Waals surface area contributed by atoms with Crippen molar-refractivity contribution < 1.29 is 5.11 Å². The fourth-order valence-electron chi connectivity index (χ4n) is 1.94. The second-order valence-corrected chi connectivity index (χ2v) is 5.34. The molecule has 0 aromatic carbocycles. The van der Waals surface area contributed by atoms with E-state index in [9.17, 15) is 5.11 Å². The molecule has 0 aromatic rings. The predicted octanol–water partition coefficient (Wildman–Crippen LogP) is 3.86. The molecular formula is C13H28O. The number of hydrogen-bond donors (Lipinski definition) is 1. The van der Waals surface area contributed by atoms with Gasteiger partial charge in [0.1, 0.15) is 0 Å². The third-order valence-corrected chi connectivity index (χ3v) is 2.88. The zero-order valence-corrected chi connectivity index (χ0v) is 10.6. The van der Waals surface area contributed by atoms with E-state index in [0.29, 0.717) is 17.8 Å². The van der Waals surface area contributed by atoms with Gasteiger partial charge in [0.2, 0.25) is 0 Å². The third kappa shape index (κ3) is 6.42. The van der Waals surface area contributed by atoms with E-state index in [-0.39, 0.29) is 6.10 Å². The molecule has 0 aliphatic carbocycles. The highest BCUT2D eigenvalue weighted by atomic mass is 16.3. The molecule has 0 aliphatic heterocycles. The Labute approximate surface area is 89.9 Å². The summed E-state index contributed by atoms with van der Waals surface area (Å²) in [5.41, 5.74) is 0. The van der Waals surface area contributed by atoms with E-state index < -0.39 is 0 Å². The lowest BCUT2D eigenvalue weighted by atomic mass is 9.87. The van der Waals surface area contributed by atoms with Crippen LogP contribution in [-0.2, 0) is 0 Å². The molecule has 0 heterocycles. The van der Waals surface area contributed by atoms with Crippen molar-refractivity contribution in [2.24, 2.45) is 17.8 Å². The fraction of sp³-hybridized carbons (Fsp3) is 1.00. The normalized spacial score (nSPS) is 16.3. The molecule has 0 spiro atoms. The Morgan fingerprint density at radius 1 is 0.929 bits per heavy atom. The van der Waals surface area contributed by atoms with Crippen LogP contribution in [0.15, 0.2) is 0 Å². The zero-order valence-electron chi connectivity index (χ0n) is 10.6. The first-order valence-corrected chi connectivity index (χ1v) is 6.15. The maximum absolute atomic E-state index is 10.0. The highest BCUT2D eigenvalue weighted by Gasteiger charge is 2.18. The van der Waals surface area contributed by atoms with Gasteiger partial charge >= 0.3 is 0 Å². The second kappa shape index (κ2) is 7.28. The molecule has 0 aliphatic rings. The van der Waals surface area contributed by atoms with Gasteiger partial charge in [-0.15, -0.1) is 0 Å². The summed E-state index contributed by atoms with van der Waals surface area (Å²) in [6.07, 6.45) is 4.32. The SMILES string of the molecule is CCC(CC(C)C)C(O)CCC(C)C. The summed E-state index contributed by atoms with van der Waals surface area (Å²) in [5, 5.41) is 10.0. The van der Waals surface area contributed by atoms with E-state index in [1.807, 2.05) is 0 Å². The summed E-state index contributed by atoms with van der Waals surface area (Å²) in [6, 6.07) is 0. The van der Waals surface area contributed by atoms with Crippen LogP contribution < -0.4 is 0 Å². The van der Waals surface area contributed by atoms with Gasteiger partial charge in [0, 0.05) is 0 Å². The molecule has 2 atom stereocenters. The summed E-state index contributed by atoms with van der Waals surface area (Å²) in [6.45, 7) is 11.1. The Morgan fingerprint density at radius 3 is 1.86 bits per heavy atom. The second-order valence-electron chi connectivity index (χ2n) is 5.34. The molecule has 0 rings (SSSR count). The Hall–Kier alpha value is -0.0400. The lowest BCUT2D eigenvalue weighted by Gasteiger charge is -2.23. The molecule has 2 unspecified atom stereocenters. The minimum atomic E-state index is -0.0789. The van der Waals surface area contributed by atoms with E-state index in [4.69, 9.17) is 0 Å². The molecule has 0 saturated heterocycles. The fourth-order valence-corrected chi connectivity index (χ4v) is 1.94. The summed E-state index contributed by atoms with van der Waals surface area (Å²) >= 11 is 0. The predicted molar refractivity (Wildman–Crippen MR) is 63.3 cm³/mol. The van der Waals surface area contributed by atoms with Crippen LogP contribution >= 0.6 is 0 Å². The average molecular weight is 200 g/mol. The van der Waals surface area contributed by atoms with Gasteiger partial charge in [-0.3, -0.25) is 0 Å². The summed E-state index contributed by atoms with van der Waals surface area (Å²) in [5.74, 6) is 1.92. The highest BCUT2D eigenvalue weighted by molar-refractivity contribution is 4.69. The van der Waals surface area contributed by atoms with Crippen molar-refractivity contribution in [1.29, 1.82) is 0 Å². The van der Waals surface area contributed by atoms with Gasteiger partial charge in [-0.1, -0.05) is 41.0 Å². The van der Waals surface area contributed by atoms with Crippen LogP contribution in [-0.4, -0.2) is 11.2 Å². The van der Waals surface area contributed by atoms with Gasteiger partial charge in [-0.25, -0.2) is 0 Å². The summed E-state index contributed by atoms with van der Waals surface area (Å²) < 4.78 is 0. The molecule has 1 heteroatoms. The van der Waals surface area contributed by atoms with E-state index in [1.165, 1.54) is 0 Å². The largest absolute Gasteiger partial charge is 0.393 e. The maximum Gasteiger partial charge on any atom is 0.0568 e. The average Bonchev–Trinajstić information content (AvgIpc) is 2.09. The molecule has 14 heavy (non-hydrogen) atoms. The van der Waals surface area contributed by atoms with Crippen molar-refractivity contribution in [3.8, 4) is 0 Å². The molecule has 1 N–H and O–H groups in total. The van der Waals surface area contributed by atoms with Crippen molar-refractivity contribution in [1.82, 2.24) is 0 Å². The van der Waals surface area contributed by atoms with Crippen molar-refractivity contribution in [3.05, 3.63) is 0 Å². The quantitative estimate of drug-likeness (QED) is 0.661. The Kier molecular flexibility index (Phi) is 7.26. The van der Waals surface area contributed by atoms with Crippen LogP contribution in [0.25, 0.3) is 0 Å². The Bertz CT molecular complexity index is 129.